The van der Waals surface area contributed by atoms with Crippen molar-refractivity contribution >= 4 is 16.1 Å². The van der Waals surface area contributed by atoms with Gasteiger partial charge in [0.05, 0.1) is 10.4 Å². The van der Waals surface area contributed by atoms with Crippen LogP contribution in [0.3, 0.4) is 0 Å². The fourth-order valence-corrected chi connectivity index (χ4v) is 5.97. The predicted octanol–water partition coefficient (Wildman–Crippen LogP) is 1.55. The van der Waals surface area contributed by atoms with E-state index in [0.717, 1.165) is 18.9 Å². The SMILES string of the molecule is O=C1NCC2(CCOCC2)N1C1CCN(S(=O)(=O)c2cccc(F)c2)CC1. The minimum atomic E-state index is -3.72. The zero-order valence-electron chi connectivity index (χ0n) is 15.1. The maximum absolute atomic E-state index is 13.4. The number of hydrogen-bond donors (Lipinski definition) is 1. The topological polar surface area (TPSA) is 79.0 Å². The molecule has 0 unspecified atom stereocenters. The Bertz CT molecular complexity index is 818. The minimum absolute atomic E-state index is 0.00422. The van der Waals surface area contributed by atoms with Crippen molar-refractivity contribution in [2.45, 2.75) is 42.2 Å². The number of halogens is 1. The molecular formula is C18H24FN3O4S. The largest absolute Gasteiger partial charge is 0.381 e. The quantitative estimate of drug-likeness (QED) is 0.840. The molecule has 0 radical (unpaired) electrons. The Morgan fingerprint density at radius 2 is 1.89 bits per heavy atom. The molecule has 1 spiro atoms. The Labute approximate surface area is 158 Å². The number of nitrogens with one attached hydrogen (secondary N) is 1. The highest BCUT2D eigenvalue weighted by atomic mass is 32.2. The van der Waals surface area contributed by atoms with E-state index in [2.05, 4.69) is 5.32 Å². The molecule has 27 heavy (non-hydrogen) atoms. The van der Waals surface area contributed by atoms with Crippen LogP contribution in [0.5, 0.6) is 0 Å². The summed E-state index contributed by atoms with van der Waals surface area (Å²) in [6.07, 6.45) is 2.75. The lowest BCUT2D eigenvalue weighted by molar-refractivity contribution is -0.0121. The van der Waals surface area contributed by atoms with E-state index < -0.39 is 15.8 Å². The lowest BCUT2D eigenvalue weighted by Gasteiger charge is -2.46. The first-order valence-electron chi connectivity index (χ1n) is 9.33. The first-order chi connectivity index (χ1) is 12.9. The number of ether oxygens (including phenoxy) is 1. The lowest BCUT2D eigenvalue weighted by atomic mass is 9.87. The van der Waals surface area contributed by atoms with Crippen LogP contribution in [0.15, 0.2) is 29.2 Å². The van der Waals surface area contributed by atoms with Crippen LogP contribution in [-0.2, 0) is 14.8 Å². The summed E-state index contributed by atoms with van der Waals surface area (Å²) in [4.78, 5) is 14.4. The van der Waals surface area contributed by atoms with Crippen molar-refractivity contribution in [3.8, 4) is 0 Å². The summed E-state index contributed by atoms with van der Waals surface area (Å²) < 4.78 is 45.8. The van der Waals surface area contributed by atoms with E-state index in [-0.39, 0.29) is 22.5 Å². The predicted molar refractivity (Wildman–Crippen MR) is 96.2 cm³/mol. The number of piperidine rings is 1. The number of rotatable bonds is 3. The van der Waals surface area contributed by atoms with Crippen LogP contribution in [0, 0.1) is 5.82 Å². The number of hydrogen-bond acceptors (Lipinski definition) is 4. The molecule has 3 aliphatic rings. The van der Waals surface area contributed by atoms with Crippen molar-refractivity contribution in [1.82, 2.24) is 14.5 Å². The summed E-state index contributed by atoms with van der Waals surface area (Å²) in [5, 5.41) is 2.96. The van der Waals surface area contributed by atoms with Crippen LogP contribution in [0.2, 0.25) is 0 Å². The van der Waals surface area contributed by atoms with E-state index >= 15 is 0 Å². The summed E-state index contributed by atoms with van der Waals surface area (Å²) in [5.74, 6) is -0.568. The highest BCUT2D eigenvalue weighted by molar-refractivity contribution is 7.89. The smallest absolute Gasteiger partial charge is 0.318 e. The van der Waals surface area contributed by atoms with Crippen LogP contribution in [0.1, 0.15) is 25.7 Å². The van der Waals surface area contributed by atoms with E-state index in [4.69, 9.17) is 4.74 Å². The van der Waals surface area contributed by atoms with Gasteiger partial charge in [-0.1, -0.05) is 6.07 Å². The second kappa shape index (κ2) is 7.03. The van der Waals surface area contributed by atoms with E-state index in [1.807, 2.05) is 4.90 Å². The fraction of sp³-hybridized carbons (Fsp3) is 0.611. The fourth-order valence-electron chi connectivity index (χ4n) is 4.47. The van der Waals surface area contributed by atoms with E-state index in [1.54, 1.807) is 0 Å². The number of nitrogens with zero attached hydrogens (tertiary/aromatic N) is 2. The molecule has 1 aromatic carbocycles. The number of sulfonamides is 1. The van der Waals surface area contributed by atoms with Crippen molar-refractivity contribution in [1.29, 1.82) is 0 Å². The molecular weight excluding hydrogens is 373 g/mol. The zero-order valence-corrected chi connectivity index (χ0v) is 15.9. The van der Waals surface area contributed by atoms with Crippen molar-refractivity contribution < 1.29 is 22.3 Å². The molecule has 3 saturated heterocycles. The second-order valence-electron chi connectivity index (χ2n) is 7.46. The van der Waals surface area contributed by atoms with Gasteiger partial charge in [0.2, 0.25) is 10.0 Å². The van der Waals surface area contributed by atoms with Gasteiger partial charge in [-0.2, -0.15) is 4.31 Å². The van der Waals surface area contributed by atoms with Crippen molar-refractivity contribution in [3.05, 3.63) is 30.1 Å². The maximum Gasteiger partial charge on any atom is 0.318 e. The third-order valence-electron chi connectivity index (χ3n) is 5.94. The minimum Gasteiger partial charge on any atom is -0.381 e. The van der Waals surface area contributed by atoms with Crippen molar-refractivity contribution in [3.63, 3.8) is 0 Å². The van der Waals surface area contributed by atoms with Crippen LogP contribution >= 0.6 is 0 Å². The molecule has 9 heteroatoms. The molecule has 3 heterocycles. The molecule has 3 aliphatic heterocycles. The first-order valence-corrected chi connectivity index (χ1v) is 10.8. The highest BCUT2D eigenvalue weighted by Crippen LogP contribution is 2.36. The molecule has 0 saturated carbocycles. The summed E-state index contributed by atoms with van der Waals surface area (Å²) in [6, 6.07) is 5.03. The molecule has 3 fully saturated rings. The molecule has 148 valence electrons. The number of urea groups is 1. The van der Waals surface area contributed by atoms with Crippen LogP contribution in [0.25, 0.3) is 0 Å². The summed E-state index contributed by atoms with van der Waals surface area (Å²) in [5.41, 5.74) is -0.219. The standard InChI is InChI=1S/C18H24FN3O4S/c19-14-2-1-3-16(12-14)27(24,25)21-8-4-15(5-9-21)22-17(23)20-13-18(22)6-10-26-11-7-18/h1-3,12,15H,4-11,13H2,(H,20,23). The van der Waals surface area contributed by atoms with Gasteiger partial charge in [-0.3, -0.25) is 0 Å². The third kappa shape index (κ3) is 3.32. The molecule has 1 N–H and O–H groups in total. The monoisotopic (exact) mass is 397 g/mol. The Balaban J connectivity index is 1.48. The Morgan fingerprint density at radius 3 is 2.56 bits per heavy atom. The molecule has 2 amide bonds. The summed E-state index contributed by atoms with van der Waals surface area (Å²) in [7, 11) is -3.72. The lowest BCUT2D eigenvalue weighted by Crippen LogP contribution is -2.57. The Morgan fingerprint density at radius 1 is 1.19 bits per heavy atom. The van der Waals surface area contributed by atoms with E-state index in [0.29, 0.717) is 45.7 Å². The average molecular weight is 397 g/mol. The first kappa shape index (κ1) is 18.6. The van der Waals surface area contributed by atoms with Gasteiger partial charge in [0, 0.05) is 38.9 Å². The van der Waals surface area contributed by atoms with Crippen molar-refractivity contribution in [2.24, 2.45) is 0 Å². The van der Waals surface area contributed by atoms with Gasteiger partial charge in [-0.05, 0) is 43.9 Å². The number of amides is 2. The summed E-state index contributed by atoms with van der Waals surface area (Å²) in [6.45, 7) is 2.53. The van der Waals surface area contributed by atoms with Gasteiger partial charge in [0.25, 0.3) is 0 Å². The molecule has 7 nitrogen and oxygen atoms in total. The van der Waals surface area contributed by atoms with Crippen LogP contribution in [-0.4, -0.2) is 68.1 Å². The normalized spacial score (nSPS) is 24.3. The van der Waals surface area contributed by atoms with Gasteiger partial charge < -0.3 is 15.0 Å². The molecule has 4 rings (SSSR count). The highest BCUT2D eigenvalue weighted by Gasteiger charge is 2.50. The van der Waals surface area contributed by atoms with Gasteiger partial charge in [-0.25, -0.2) is 17.6 Å². The molecule has 0 bridgehead atoms. The van der Waals surface area contributed by atoms with E-state index in [9.17, 15) is 17.6 Å². The van der Waals surface area contributed by atoms with Crippen LogP contribution in [0.4, 0.5) is 9.18 Å². The maximum atomic E-state index is 13.4. The zero-order chi connectivity index (χ0) is 19.1. The van der Waals surface area contributed by atoms with Gasteiger partial charge in [-0.15, -0.1) is 0 Å². The van der Waals surface area contributed by atoms with E-state index in [1.165, 1.54) is 22.5 Å². The molecule has 0 aromatic heterocycles. The van der Waals surface area contributed by atoms with Crippen molar-refractivity contribution in [2.75, 3.05) is 32.8 Å². The third-order valence-corrected chi connectivity index (χ3v) is 7.84. The Hall–Kier alpha value is -1.71. The van der Waals surface area contributed by atoms with Gasteiger partial charge >= 0.3 is 6.03 Å². The second-order valence-corrected chi connectivity index (χ2v) is 9.40. The van der Waals surface area contributed by atoms with Gasteiger partial charge in [0.1, 0.15) is 5.82 Å². The number of carbonyl (C=O) groups is 1. The number of carbonyl (C=O) groups excluding carboxylic acids is 1. The van der Waals surface area contributed by atoms with Gasteiger partial charge in [0.15, 0.2) is 0 Å². The molecule has 1 aromatic rings. The number of benzene rings is 1. The van der Waals surface area contributed by atoms with Crippen LogP contribution < -0.4 is 5.32 Å². The molecule has 0 aliphatic carbocycles. The average Bonchev–Trinajstić information content (AvgIpc) is 2.98. The molecule has 0 atom stereocenters. The Kier molecular flexibility index (Phi) is 4.85. The summed E-state index contributed by atoms with van der Waals surface area (Å²) >= 11 is 0.